The van der Waals surface area contributed by atoms with Crippen LogP contribution in [0, 0.1) is 6.92 Å². The number of amides is 1. The first-order chi connectivity index (χ1) is 13.9. The van der Waals surface area contributed by atoms with E-state index >= 15 is 0 Å². The Kier molecular flexibility index (Phi) is 6.42. The first kappa shape index (κ1) is 20.3. The average Bonchev–Trinajstić information content (AvgIpc) is 2.74. The number of rotatable bonds is 6. The van der Waals surface area contributed by atoms with Gasteiger partial charge in [0.1, 0.15) is 0 Å². The third-order valence-corrected chi connectivity index (χ3v) is 4.46. The van der Waals surface area contributed by atoms with Gasteiger partial charge in [-0.1, -0.05) is 60.1 Å². The molecule has 0 aliphatic heterocycles. The molecule has 6 heteroatoms. The number of carbonyl (C=O) groups is 3. The van der Waals surface area contributed by atoms with Crippen molar-refractivity contribution in [3.8, 4) is 0 Å². The lowest BCUT2D eigenvalue weighted by Gasteiger charge is -2.09. The molecule has 0 aliphatic carbocycles. The van der Waals surface area contributed by atoms with Crippen LogP contribution in [-0.4, -0.2) is 24.3 Å². The minimum absolute atomic E-state index is 0.139. The second-order valence-corrected chi connectivity index (χ2v) is 6.79. The molecule has 146 valence electrons. The van der Waals surface area contributed by atoms with Crippen molar-refractivity contribution in [2.75, 3.05) is 11.9 Å². The summed E-state index contributed by atoms with van der Waals surface area (Å²) in [5.41, 5.74) is 2.68. The number of esters is 1. The van der Waals surface area contributed by atoms with Gasteiger partial charge in [0.25, 0.3) is 5.91 Å². The zero-order chi connectivity index (χ0) is 20.8. The number of ketones is 1. The zero-order valence-corrected chi connectivity index (χ0v) is 16.4. The van der Waals surface area contributed by atoms with Crippen LogP contribution in [0.3, 0.4) is 0 Å². The fraction of sp³-hybridized carbons (Fsp3) is 0.0870. The summed E-state index contributed by atoms with van der Waals surface area (Å²) in [6, 6.07) is 20.2. The summed E-state index contributed by atoms with van der Waals surface area (Å²) in [4.78, 5) is 36.5. The molecule has 0 aliphatic rings. The van der Waals surface area contributed by atoms with E-state index in [1.807, 2.05) is 19.1 Å². The van der Waals surface area contributed by atoms with Gasteiger partial charge in [0.2, 0.25) is 0 Å². The Hall–Kier alpha value is -3.44. The molecule has 3 aromatic carbocycles. The van der Waals surface area contributed by atoms with Gasteiger partial charge in [-0.05, 0) is 36.8 Å². The first-order valence-corrected chi connectivity index (χ1v) is 9.25. The van der Waals surface area contributed by atoms with Gasteiger partial charge in [-0.15, -0.1) is 0 Å². The second kappa shape index (κ2) is 9.17. The van der Waals surface area contributed by atoms with E-state index in [1.165, 1.54) is 12.1 Å². The molecule has 0 saturated carbocycles. The first-order valence-electron chi connectivity index (χ1n) is 8.87. The summed E-state index contributed by atoms with van der Waals surface area (Å²) in [5, 5.41) is 3.00. The normalized spacial score (nSPS) is 10.3. The smallest absolute Gasteiger partial charge is 0.338 e. The lowest BCUT2D eigenvalue weighted by atomic mass is 10.0. The molecule has 5 nitrogen and oxygen atoms in total. The van der Waals surface area contributed by atoms with Crippen LogP contribution in [0.5, 0.6) is 0 Å². The third-order valence-electron chi connectivity index (χ3n) is 4.15. The van der Waals surface area contributed by atoms with Crippen molar-refractivity contribution in [1.29, 1.82) is 0 Å². The molecule has 0 heterocycles. The van der Waals surface area contributed by atoms with Crippen LogP contribution in [-0.2, 0) is 9.53 Å². The monoisotopic (exact) mass is 407 g/mol. The number of hydrogen-bond acceptors (Lipinski definition) is 4. The van der Waals surface area contributed by atoms with Crippen molar-refractivity contribution in [3.63, 3.8) is 0 Å². The second-order valence-electron chi connectivity index (χ2n) is 6.38. The van der Waals surface area contributed by atoms with Gasteiger partial charge >= 0.3 is 5.97 Å². The van der Waals surface area contributed by atoms with E-state index in [-0.39, 0.29) is 11.3 Å². The molecule has 0 aromatic heterocycles. The summed E-state index contributed by atoms with van der Waals surface area (Å²) in [5.74, 6) is -1.30. The molecule has 1 N–H and O–H groups in total. The number of anilines is 1. The Balaban J connectivity index is 1.56. The molecule has 0 bridgehead atoms. The number of halogens is 1. The predicted molar refractivity (Wildman–Crippen MR) is 111 cm³/mol. The zero-order valence-electron chi connectivity index (χ0n) is 15.6. The SMILES string of the molecule is Cc1ccc(NC(=O)COC(=O)c2ccc(C(=O)c3ccccc3)cc2)c(Cl)c1. The van der Waals surface area contributed by atoms with Gasteiger partial charge in [0, 0.05) is 11.1 Å². The van der Waals surface area contributed by atoms with Gasteiger partial charge in [-0.2, -0.15) is 0 Å². The van der Waals surface area contributed by atoms with Crippen molar-refractivity contribution in [1.82, 2.24) is 0 Å². The number of nitrogens with one attached hydrogen (secondary N) is 1. The van der Waals surface area contributed by atoms with Crippen LogP contribution < -0.4 is 5.32 Å². The predicted octanol–water partition coefficient (Wildman–Crippen LogP) is 4.67. The Morgan fingerprint density at radius 1 is 0.862 bits per heavy atom. The van der Waals surface area contributed by atoms with E-state index in [0.29, 0.717) is 21.8 Å². The molecule has 3 rings (SSSR count). The van der Waals surface area contributed by atoms with E-state index in [9.17, 15) is 14.4 Å². The van der Waals surface area contributed by atoms with Crippen LogP contribution >= 0.6 is 11.6 Å². The van der Waals surface area contributed by atoms with Gasteiger partial charge < -0.3 is 10.1 Å². The van der Waals surface area contributed by atoms with Crippen LogP contribution in [0.4, 0.5) is 5.69 Å². The van der Waals surface area contributed by atoms with Crippen LogP contribution in [0.1, 0.15) is 31.8 Å². The minimum Gasteiger partial charge on any atom is -0.452 e. The number of ether oxygens (including phenoxy) is 1. The Bertz CT molecular complexity index is 1050. The van der Waals surface area contributed by atoms with E-state index in [4.69, 9.17) is 16.3 Å². The van der Waals surface area contributed by atoms with E-state index in [0.717, 1.165) is 5.56 Å². The van der Waals surface area contributed by atoms with Crippen LogP contribution in [0.25, 0.3) is 0 Å². The van der Waals surface area contributed by atoms with E-state index in [2.05, 4.69) is 5.32 Å². The number of benzene rings is 3. The van der Waals surface area contributed by atoms with E-state index < -0.39 is 18.5 Å². The Morgan fingerprint density at radius 3 is 2.14 bits per heavy atom. The van der Waals surface area contributed by atoms with E-state index in [1.54, 1.807) is 48.5 Å². The molecule has 1 amide bonds. The molecule has 0 radical (unpaired) electrons. The number of hydrogen-bond donors (Lipinski definition) is 1. The van der Waals surface area contributed by atoms with Crippen molar-refractivity contribution in [3.05, 3.63) is 100 Å². The highest BCUT2D eigenvalue weighted by Gasteiger charge is 2.13. The largest absolute Gasteiger partial charge is 0.452 e. The van der Waals surface area contributed by atoms with Crippen LogP contribution in [0.15, 0.2) is 72.8 Å². The standard InChI is InChI=1S/C23H18ClNO4/c1-15-7-12-20(19(24)13-15)25-21(26)14-29-23(28)18-10-8-17(9-11-18)22(27)16-5-3-2-4-6-16/h2-13H,14H2,1H3,(H,25,26). The summed E-state index contributed by atoms with van der Waals surface area (Å²) < 4.78 is 5.03. The highest BCUT2D eigenvalue weighted by Crippen LogP contribution is 2.22. The van der Waals surface area contributed by atoms with Gasteiger partial charge in [-0.25, -0.2) is 4.79 Å². The average molecular weight is 408 g/mol. The van der Waals surface area contributed by atoms with Crippen molar-refractivity contribution in [2.24, 2.45) is 0 Å². The Labute approximate surface area is 173 Å². The third kappa shape index (κ3) is 5.30. The maximum Gasteiger partial charge on any atom is 0.338 e. The number of aryl methyl sites for hydroxylation is 1. The Morgan fingerprint density at radius 2 is 1.48 bits per heavy atom. The lowest BCUT2D eigenvalue weighted by Crippen LogP contribution is -2.21. The summed E-state index contributed by atoms with van der Waals surface area (Å²) in [7, 11) is 0. The van der Waals surface area contributed by atoms with Crippen molar-refractivity contribution < 1.29 is 19.1 Å². The molecule has 29 heavy (non-hydrogen) atoms. The van der Waals surface area contributed by atoms with Gasteiger partial charge in [-0.3, -0.25) is 9.59 Å². The molecular weight excluding hydrogens is 390 g/mol. The fourth-order valence-electron chi connectivity index (χ4n) is 2.64. The molecule has 0 fully saturated rings. The fourth-order valence-corrected chi connectivity index (χ4v) is 2.92. The maximum atomic E-state index is 12.4. The molecule has 0 unspecified atom stereocenters. The molecular formula is C23H18ClNO4. The highest BCUT2D eigenvalue weighted by molar-refractivity contribution is 6.33. The molecule has 0 saturated heterocycles. The summed E-state index contributed by atoms with van der Waals surface area (Å²) in [6.07, 6.45) is 0. The van der Waals surface area contributed by atoms with Crippen molar-refractivity contribution in [2.45, 2.75) is 6.92 Å². The van der Waals surface area contributed by atoms with Crippen molar-refractivity contribution >= 4 is 34.9 Å². The number of carbonyl (C=O) groups excluding carboxylic acids is 3. The lowest BCUT2D eigenvalue weighted by molar-refractivity contribution is -0.119. The molecule has 0 atom stereocenters. The quantitative estimate of drug-likeness (QED) is 0.476. The van der Waals surface area contributed by atoms with Crippen LogP contribution in [0.2, 0.25) is 5.02 Å². The summed E-state index contributed by atoms with van der Waals surface area (Å²) in [6.45, 7) is 1.44. The highest BCUT2D eigenvalue weighted by atomic mass is 35.5. The van der Waals surface area contributed by atoms with Gasteiger partial charge in [0.05, 0.1) is 16.3 Å². The minimum atomic E-state index is -0.658. The van der Waals surface area contributed by atoms with Gasteiger partial charge in [0.15, 0.2) is 12.4 Å². The molecule has 3 aromatic rings. The topological polar surface area (TPSA) is 72.5 Å². The summed E-state index contributed by atoms with van der Waals surface area (Å²) >= 11 is 6.07. The molecule has 0 spiro atoms. The maximum absolute atomic E-state index is 12.4.